The lowest BCUT2D eigenvalue weighted by Gasteiger charge is -2.14. The van der Waals surface area contributed by atoms with E-state index in [1.807, 2.05) is 18.2 Å². The summed E-state index contributed by atoms with van der Waals surface area (Å²) in [5.41, 5.74) is 5.88. The smallest absolute Gasteiger partial charge is 0.270 e. The number of hydrazine groups is 1. The highest BCUT2D eigenvalue weighted by Gasteiger charge is 2.15. The van der Waals surface area contributed by atoms with E-state index in [1.165, 1.54) is 0 Å². The van der Waals surface area contributed by atoms with Crippen molar-refractivity contribution in [1.82, 2.24) is 16.2 Å². The van der Waals surface area contributed by atoms with Gasteiger partial charge in [-0.1, -0.05) is 12.1 Å². The number of thiocarbonyl (C=S) groups is 1. The van der Waals surface area contributed by atoms with Crippen LogP contribution in [0.15, 0.2) is 24.3 Å². The van der Waals surface area contributed by atoms with E-state index >= 15 is 0 Å². The van der Waals surface area contributed by atoms with E-state index in [4.69, 9.17) is 17.0 Å². The number of hydrogen-bond acceptors (Lipinski definition) is 3. The molecule has 1 saturated heterocycles. The molecule has 1 heterocycles. The predicted octanol–water partition coefficient (Wildman–Crippen LogP) is 1.58. The molecule has 3 N–H and O–H groups in total. The zero-order chi connectivity index (χ0) is 14.4. The van der Waals surface area contributed by atoms with Gasteiger partial charge in [0.2, 0.25) is 0 Å². The minimum Gasteiger partial charge on any atom is -0.376 e. The van der Waals surface area contributed by atoms with Gasteiger partial charge < -0.3 is 10.1 Å². The van der Waals surface area contributed by atoms with E-state index in [-0.39, 0.29) is 12.0 Å². The molecule has 7 heteroatoms. The molecule has 1 aliphatic heterocycles. The molecule has 1 aromatic carbocycles. The number of rotatable bonds is 3. The Kier molecular flexibility index (Phi) is 5.99. The predicted molar refractivity (Wildman–Crippen MR) is 89.3 cm³/mol. The van der Waals surface area contributed by atoms with Gasteiger partial charge in [0.1, 0.15) is 0 Å². The third kappa shape index (κ3) is 4.57. The van der Waals surface area contributed by atoms with E-state index in [0.717, 1.165) is 23.0 Å². The summed E-state index contributed by atoms with van der Waals surface area (Å²) in [4.78, 5) is 11.9. The number of nitrogens with one attached hydrogen (secondary N) is 3. The lowest BCUT2D eigenvalue weighted by molar-refractivity contribution is 0.0942. The van der Waals surface area contributed by atoms with Crippen molar-refractivity contribution in [2.45, 2.75) is 18.9 Å². The minimum absolute atomic E-state index is 0.209. The number of benzene rings is 1. The molecule has 20 heavy (non-hydrogen) atoms. The third-order valence-electron chi connectivity index (χ3n) is 2.92. The number of halogens is 1. The quantitative estimate of drug-likeness (QED) is 0.405. The molecule has 5 nitrogen and oxygen atoms in total. The largest absolute Gasteiger partial charge is 0.376 e. The summed E-state index contributed by atoms with van der Waals surface area (Å²) in [5.74, 6) is -0.212. The van der Waals surface area contributed by atoms with Crippen molar-refractivity contribution < 1.29 is 9.53 Å². The summed E-state index contributed by atoms with van der Waals surface area (Å²) in [7, 11) is 0. The van der Waals surface area contributed by atoms with Crippen LogP contribution in [-0.4, -0.2) is 30.3 Å². The lowest BCUT2D eigenvalue weighted by Crippen LogP contribution is -2.48. The monoisotopic (exact) mass is 405 g/mol. The molecule has 108 valence electrons. The molecular formula is C13H16IN3O2S. The molecule has 1 aliphatic rings. The van der Waals surface area contributed by atoms with Gasteiger partial charge >= 0.3 is 0 Å². The van der Waals surface area contributed by atoms with E-state index in [1.54, 1.807) is 6.07 Å². The van der Waals surface area contributed by atoms with E-state index in [9.17, 15) is 4.79 Å². The average Bonchev–Trinajstić information content (AvgIpc) is 2.96. The molecular weight excluding hydrogens is 389 g/mol. The number of hydrogen-bond donors (Lipinski definition) is 3. The number of carbonyl (C=O) groups is 1. The number of ether oxygens (including phenoxy) is 1. The molecule has 1 amide bonds. The second kappa shape index (κ2) is 7.75. The molecule has 0 saturated carbocycles. The first-order valence-corrected chi connectivity index (χ1v) is 7.86. The standard InChI is InChI=1S/C13H16IN3O2S/c14-11-6-2-1-5-10(11)12(18)16-17-13(20)15-8-9-4-3-7-19-9/h1-2,5-6,9H,3-4,7-8H2,(H,16,18)(H2,15,17,20). The Morgan fingerprint density at radius 1 is 1.40 bits per heavy atom. The van der Waals surface area contributed by atoms with Crippen LogP contribution < -0.4 is 16.2 Å². The summed E-state index contributed by atoms with van der Waals surface area (Å²) in [6, 6.07) is 7.36. The Morgan fingerprint density at radius 2 is 2.20 bits per heavy atom. The van der Waals surface area contributed by atoms with Gasteiger partial charge in [-0.15, -0.1) is 0 Å². The van der Waals surface area contributed by atoms with Gasteiger partial charge in [0.05, 0.1) is 11.7 Å². The van der Waals surface area contributed by atoms with Crippen LogP contribution in [0.1, 0.15) is 23.2 Å². The highest BCUT2D eigenvalue weighted by molar-refractivity contribution is 14.1. The van der Waals surface area contributed by atoms with Crippen molar-refractivity contribution in [2.24, 2.45) is 0 Å². The number of amides is 1. The number of carbonyl (C=O) groups excluding carboxylic acids is 1. The second-order valence-corrected chi connectivity index (χ2v) is 5.97. The second-order valence-electron chi connectivity index (χ2n) is 4.40. The van der Waals surface area contributed by atoms with Crippen LogP contribution in [0.5, 0.6) is 0 Å². The molecule has 1 aromatic rings. The first-order chi connectivity index (χ1) is 9.66. The fourth-order valence-electron chi connectivity index (χ4n) is 1.88. The summed E-state index contributed by atoms with van der Waals surface area (Å²) >= 11 is 7.22. The lowest BCUT2D eigenvalue weighted by atomic mass is 10.2. The summed E-state index contributed by atoms with van der Waals surface area (Å²) in [5, 5.41) is 3.41. The maximum Gasteiger partial charge on any atom is 0.270 e. The zero-order valence-electron chi connectivity index (χ0n) is 10.8. The maximum atomic E-state index is 11.9. The molecule has 1 atom stereocenters. The fraction of sp³-hybridized carbons (Fsp3) is 0.385. The Morgan fingerprint density at radius 3 is 2.90 bits per heavy atom. The molecule has 0 aliphatic carbocycles. The molecule has 0 spiro atoms. The summed E-state index contributed by atoms with van der Waals surface area (Å²) < 4.78 is 6.37. The fourth-order valence-corrected chi connectivity index (χ4v) is 2.65. The van der Waals surface area contributed by atoms with Crippen molar-refractivity contribution in [3.8, 4) is 0 Å². The van der Waals surface area contributed by atoms with Gasteiger partial charge in [0, 0.05) is 16.7 Å². The van der Waals surface area contributed by atoms with Crippen molar-refractivity contribution in [3.05, 3.63) is 33.4 Å². The highest BCUT2D eigenvalue weighted by atomic mass is 127. The van der Waals surface area contributed by atoms with Crippen LogP contribution in [0.3, 0.4) is 0 Å². The molecule has 2 rings (SSSR count). The summed E-state index contributed by atoms with van der Waals surface area (Å²) in [6.45, 7) is 1.47. The van der Waals surface area contributed by atoms with Crippen LogP contribution >= 0.6 is 34.8 Å². The summed E-state index contributed by atoms with van der Waals surface area (Å²) in [6.07, 6.45) is 2.35. The van der Waals surface area contributed by atoms with E-state index in [2.05, 4.69) is 38.8 Å². The third-order valence-corrected chi connectivity index (χ3v) is 4.11. The van der Waals surface area contributed by atoms with Crippen molar-refractivity contribution in [3.63, 3.8) is 0 Å². The molecule has 0 aromatic heterocycles. The Labute approximate surface area is 136 Å². The van der Waals surface area contributed by atoms with Gasteiger partial charge in [0.15, 0.2) is 5.11 Å². The van der Waals surface area contributed by atoms with E-state index in [0.29, 0.717) is 17.2 Å². The minimum atomic E-state index is -0.212. The first-order valence-electron chi connectivity index (χ1n) is 6.37. The van der Waals surface area contributed by atoms with Gasteiger partial charge in [-0.25, -0.2) is 0 Å². The average molecular weight is 405 g/mol. The topological polar surface area (TPSA) is 62.4 Å². The van der Waals surface area contributed by atoms with Gasteiger partial charge in [-0.3, -0.25) is 15.6 Å². The van der Waals surface area contributed by atoms with Gasteiger partial charge in [0.25, 0.3) is 5.91 Å². The van der Waals surface area contributed by atoms with Gasteiger partial charge in [-0.05, 0) is 59.8 Å². The van der Waals surface area contributed by atoms with Crippen LogP contribution in [0, 0.1) is 3.57 Å². The van der Waals surface area contributed by atoms with Crippen LogP contribution in [0.4, 0.5) is 0 Å². The Bertz CT molecular complexity index is 492. The molecule has 0 bridgehead atoms. The Hall–Kier alpha value is -0.930. The SMILES string of the molecule is O=C(NNC(=S)NCC1CCCO1)c1ccccc1I. The molecule has 1 unspecified atom stereocenters. The molecule has 1 fully saturated rings. The normalized spacial score (nSPS) is 17.6. The van der Waals surface area contributed by atoms with Crippen molar-refractivity contribution >= 4 is 45.8 Å². The van der Waals surface area contributed by atoms with Crippen LogP contribution in [0.2, 0.25) is 0 Å². The van der Waals surface area contributed by atoms with Crippen molar-refractivity contribution in [2.75, 3.05) is 13.2 Å². The molecule has 0 radical (unpaired) electrons. The zero-order valence-corrected chi connectivity index (χ0v) is 13.8. The van der Waals surface area contributed by atoms with E-state index < -0.39 is 0 Å². The van der Waals surface area contributed by atoms with Gasteiger partial charge in [-0.2, -0.15) is 0 Å². The first kappa shape index (κ1) is 15.5. The van der Waals surface area contributed by atoms with Crippen LogP contribution in [-0.2, 0) is 4.74 Å². The van der Waals surface area contributed by atoms with Crippen molar-refractivity contribution in [1.29, 1.82) is 0 Å². The highest BCUT2D eigenvalue weighted by Crippen LogP contribution is 2.11. The Balaban J connectivity index is 1.72. The van der Waals surface area contributed by atoms with Crippen LogP contribution in [0.25, 0.3) is 0 Å². The maximum absolute atomic E-state index is 11.9.